The molecule has 1 N–H and O–H groups in total. The van der Waals surface area contributed by atoms with E-state index in [2.05, 4.69) is 24.1 Å². The highest BCUT2D eigenvalue weighted by molar-refractivity contribution is 5.76. The van der Waals surface area contributed by atoms with Gasteiger partial charge in [0.2, 0.25) is 0 Å². The van der Waals surface area contributed by atoms with Gasteiger partial charge >= 0.3 is 5.97 Å². The van der Waals surface area contributed by atoms with Gasteiger partial charge in [-0.05, 0) is 38.8 Å². The van der Waals surface area contributed by atoms with Crippen LogP contribution in [0, 0.1) is 5.92 Å². The third-order valence-corrected chi connectivity index (χ3v) is 3.60. The van der Waals surface area contributed by atoms with Gasteiger partial charge in [-0.25, -0.2) is 0 Å². The third-order valence-electron chi connectivity index (χ3n) is 3.60. The lowest BCUT2D eigenvalue weighted by molar-refractivity contribution is -0.146. The van der Waals surface area contributed by atoms with Crippen LogP contribution >= 0.6 is 0 Å². The van der Waals surface area contributed by atoms with Crippen molar-refractivity contribution in [3.05, 3.63) is 0 Å². The highest BCUT2D eigenvalue weighted by Crippen LogP contribution is 2.19. The summed E-state index contributed by atoms with van der Waals surface area (Å²) in [5.74, 6) is 0.699. The summed E-state index contributed by atoms with van der Waals surface area (Å²) in [6.45, 7) is 10.6. The van der Waals surface area contributed by atoms with Crippen LogP contribution in [-0.2, 0) is 9.53 Å². The topological polar surface area (TPSA) is 41.6 Å². The van der Waals surface area contributed by atoms with E-state index in [1.54, 1.807) is 0 Å². The van der Waals surface area contributed by atoms with Crippen LogP contribution in [0.15, 0.2) is 0 Å². The number of likely N-dealkylation sites (tertiary alicyclic amines) is 1. The minimum absolute atomic E-state index is 0.106. The summed E-state index contributed by atoms with van der Waals surface area (Å²) in [6.07, 6.45) is 3.54. The maximum absolute atomic E-state index is 11.9. The molecule has 0 aromatic heterocycles. The first kappa shape index (κ1) is 15.4. The number of ether oxygens (including phenoxy) is 1. The van der Waals surface area contributed by atoms with Crippen LogP contribution in [0.3, 0.4) is 0 Å². The van der Waals surface area contributed by atoms with Crippen molar-refractivity contribution in [2.75, 3.05) is 32.8 Å². The van der Waals surface area contributed by atoms with E-state index < -0.39 is 0 Å². The van der Waals surface area contributed by atoms with Crippen LogP contribution in [0.2, 0.25) is 0 Å². The molecule has 1 saturated heterocycles. The van der Waals surface area contributed by atoms with Crippen molar-refractivity contribution in [1.82, 2.24) is 10.2 Å². The fourth-order valence-electron chi connectivity index (χ4n) is 2.45. The molecule has 0 radical (unpaired) electrons. The number of carbonyl (C=O) groups is 1. The van der Waals surface area contributed by atoms with Crippen molar-refractivity contribution < 1.29 is 9.53 Å². The molecule has 1 heterocycles. The molecular formula is C14H28N2O2. The van der Waals surface area contributed by atoms with Crippen LogP contribution in [-0.4, -0.2) is 49.7 Å². The zero-order valence-electron chi connectivity index (χ0n) is 12.1. The van der Waals surface area contributed by atoms with Gasteiger partial charge in [-0.15, -0.1) is 0 Å². The molecule has 4 nitrogen and oxygen atoms in total. The number of hydrogen-bond donors (Lipinski definition) is 1. The molecule has 0 amide bonds. The van der Waals surface area contributed by atoms with Gasteiger partial charge in [0.1, 0.15) is 6.04 Å². The first-order valence-electron chi connectivity index (χ1n) is 7.33. The first-order valence-corrected chi connectivity index (χ1v) is 7.33. The second-order valence-electron chi connectivity index (χ2n) is 5.08. The predicted molar refractivity (Wildman–Crippen MR) is 73.6 cm³/mol. The van der Waals surface area contributed by atoms with Crippen molar-refractivity contribution in [2.24, 2.45) is 5.92 Å². The number of nitrogens with one attached hydrogen (secondary N) is 1. The Kier molecular flexibility index (Phi) is 7.28. The Morgan fingerprint density at radius 2 is 2.22 bits per heavy atom. The molecule has 106 valence electrons. The van der Waals surface area contributed by atoms with Gasteiger partial charge in [0, 0.05) is 13.1 Å². The Hall–Kier alpha value is -0.610. The van der Waals surface area contributed by atoms with Crippen molar-refractivity contribution in [2.45, 2.75) is 46.1 Å². The molecule has 1 rings (SSSR count). The lowest BCUT2D eigenvalue weighted by Gasteiger charge is -2.23. The van der Waals surface area contributed by atoms with E-state index >= 15 is 0 Å². The molecule has 1 aliphatic rings. The van der Waals surface area contributed by atoms with Crippen molar-refractivity contribution in [3.8, 4) is 0 Å². The molecule has 0 spiro atoms. The van der Waals surface area contributed by atoms with Crippen LogP contribution in [0.1, 0.15) is 40.0 Å². The normalized spacial score (nSPS) is 22.1. The Bertz CT molecular complexity index is 246. The summed E-state index contributed by atoms with van der Waals surface area (Å²) in [5, 5.41) is 3.30. The van der Waals surface area contributed by atoms with E-state index in [9.17, 15) is 4.79 Å². The second-order valence-corrected chi connectivity index (χ2v) is 5.08. The molecule has 4 heteroatoms. The Labute approximate surface area is 111 Å². The number of nitrogens with zero attached hydrogens (tertiary/aromatic N) is 1. The SMILES string of the molecule is CCCNC(CN1CCC(CC)C1)C(=O)OCC. The molecule has 0 aromatic carbocycles. The van der Waals surface area contributed by atoms with Crippen molar-refractivity contribution >= 4 is 5.97 Å². The molecule has 1 aliphatic heterocycles. The fraction of sp³-hybridized carbons (Fsp3) is 0.929. The van der Waals surface area contributed by atoms with Gasteiger partial charge < -0.3 is 15.0 Å². The molecule has 0 aromatic rings. The maximum Gasteiger partial charge on any atom is 0.324 e. The van der Waals surface area contributed by atoms with Gasteiger partial charge in [0.05, 0.1) is 6.61 Å². The summed E-state index contributed by atoms with van der Waals surface area (Å²) in [4.78, 5) is 14.3. The highest BCUT2D eigenvalue weighted by atomic mass is 16.5. The monoisotopic (exact) mass is 256 g/mol. The van der Waals surface area contributed by atoms with E-state index in [-0.39, 0.29) is 12.0 Å². The summed E-state index contributed by atoms with van der Waals surface area (Å²) in [6, 6.07) is -0.166. The van der Waals surface area contributed by atoms with Crippen LogP contribution in [0.4, 0.5) is 0 Å². The third kappa shape index (κ3) is 4.94. The zero-order chi connectivity index (χ0) is 13.4. The first-order chi connectivity index (χ1) is 8.71. The average molecular weight is 256 g/mol. The summed E-state index contributed by atoms with van der Waals surface area (Å²) >= 11 is 0. The smallest absolute Gasteiger partial charge is 0.324 e. The van der Waals surface area contributed by atoms with E-state index in [1.165, 1.54) is 12.8 Å². The molecule has 0 saturated carbocycles. The molecule has 18 heavy (non-hydrogen) atoms. The lowest BCUT2D eigenvalue weighted by atomic mass is 10.1. The second kappa shape index (κ2) is 8.48. The molecule has 0 aliphatic carbocycles. The number of carbonyl (C=O) groups excluding carboxylic acids is 1. The quantitative estimate of drug-likeness (QED) is 0.671. The number of esters is 1. The van der Waals surface area contributed by atoms with Crippen molar-refractivity contribution in [1.29, 1.82) is 0 Å². The minimum Gasteiger partial charge on any atom is -0.465 e. The Balaban J connectivity index is 2.42. The van der Waals surface area contributed by atoms with Gasteiger partial charge in [-0.2, -0.15) is 0 Å². The zero-order valence-corrected chi connectivity index (χ0v) is 12.1. The van der Waals surface area contributed by atoms with Gasteiger partial charge in [0.25, 0.3) is 0 Å². The molecular weight excluding hydrogens is 228 g/mol. The van der Waals surface area contributed by atoms with Gasteiger partial charge in [-0.3, -0.25) is 4.79 Å². The van der Waals surface area contributed by atoms with E-state index in [1.807, 2.05) is 6.92 Å². The van der Waals surface area contributed by atoms with E-state index in [0.29, 0.717) is 6.61 Å². The van der Waals surface area contributed by atoms with Crippen molar-refractivity contribution in [3.63, 3.8) is 0 Å². The number of hydrogen-bond acceptors (Lipinski definition) is 4. The standard InChI is InChI=1S/C14H28N2O2/c1-4-8-15-13(14(17)18-6-3)11-16-9-7-12(5-2)10-16/h12-13,15H,4-11H2,1-3H3. The van der Waals surface area contributed by atoms with Crippen LogP contribution in [0.5, 0.6) is 0 Å². The number of rotatable bonds is 8. The van der Waals surface area contributed by atoms with E-state index in [4.69, 9.17) is 4.74 Å². The Morgan fingerprint density at radius 3 is 2.78 bits per heavy atom. The van der Waals surface area contributed by atoms with Crippen LogP contribution < -0.4 is 5.32 Å². The van der Waals surface area contributed by atoms with Gasteiger partial charge in [-0.1, -0.05) is 20.3 Å². The molecule has 1 fully saturated rings. The molecule has 2 unspecified atom stereocenters. The largest absolute Gasteiger partial charge is 0.465 e. The summed E-state index contributed by atoms with van der Waals surface area (Å²) in [5.41, 5.74) is 0. The molecule has 0 bridgehead atoms. The average Bonchev–Trinajstić information content (AvgIpc) is 2.82. The molecule has 2 atom stereocenters. The lowest BCUT2D eigenvalue weighted by Crippen LogP contribution is -2.46. The predicted octanol–water partition coefficient (Wildman–Crippen LogP) is 1.65. The van der Waals surface area contributed by atoms with Crippen LogP contribution in [0.25, 0.3) is 0 Å². The Morgan fingerprint density at radius 1 is 1.44 bits per heavy atom. The van der Waals surface area contributed by atoms with E-state index in [0.717, 1.165) is 38.5 Å². The summed E-state index contributed by atoms with van der Waals surface area (Å²) < 4.78 is 5.14. The fourth-order valence-corrected chi connectivity index (χ4v) is 2.45. The minimum atomic E-state index is -0.166. The summed E-state index contributed by atoms with van der Waals surface area (Å²) in [7, 11) is 0. The maximum atomic E-state index is 11.9. The highest BCUT2D eigenvalue weighted by Gasteiger charge is 2.27. The van der Waals surface area contributed by atoms with Gasteiger partial charge in [0.15, 0.2) is 0 Å².